The number of hydrogen-bond donors (Lipinski definition) is 2. The van der Waals surface area contributed by atoms with Crippen LogP contribution in [0.5, 0.6) is 0 Å². The van der Waals surface area contributed by atoms with E-state index >= 15 is 0 Å². The minimum absolute atomic E-state index is 0.0383. The second-order valence-corrected chi connectivity index (χ2v) is 5.70. The molecule has 8 heteroatoms. The SMILES string of the molecule is Cc1[nH]c2ccccc2c1C(=O)COC(=O)c1cc([N+](=O)[O-])ccc1N. The number of benzene rings is 2. The molecule has 0 atom stereocenters. The molecule has 3 aromatic rings. The van der Waals surface area contributed by atoms with Gasteiger partial charge in [-0.25, -0.2) is 4.79 Å². The molecule has 0 aliphatic carbocycles. The van der Waals surface area contributed by atoms with Crippen molar-refractivity contribution in [3.8, 4) is 0 Å². The first-order chi connectivity index (χ1) is 12.4. The van der Waals surface area contributed by atoms with Crippen LogP contribution < -0.4 is 5.73 Å². The molecule has 0 saturated carbocycles. The van der Waals surface area contributed by atoms with Crippen LogP contribution in [0.4, 0.5) is 11.4 Å². The number of aromatic amines is 1. The summed E-state index contributed by atoms with van der Waals surface area (Å²) in [4.78, 5) is 38.0. The first-order valence-electron chi connectivity index (χ1n) is 7.70. The Morgan fingerprint density at radius 3 is 2.69 bits per heavy atom. The largest absolute Gasteiger partial charge is 0.454 e. The van der Waals surface area contributed by atoms with Crippen molar-refractivity contribution in [2.75, 3.05) is 12.3 Å². The fraction of sp³-hybridized carbons (Fsp3) is 0.111. The number of nitro groups is 1. The van der Waals surface area contributed by atoms with Crippen LogP contribution >= 0.6 is 0 Å². The number of H-pyrrole nitrogens is 1. The zero-order chi connectivity index (χ0) is 18.8. The maximum atomic E-state index is 12.5. The normalized spacial score (nSPS) is 10.7. The zero-order valence-corrected chi connectivity index (χ0v) is 13.8. The highest BCUT2D eigenvalue weighted by molar-refractivity contribution is 6.10. The van der Waals surface area contributed by atoms with Crippen LogP contribution in [0, 0.1) is 17.0 Å². The molecule has 2 aromatic carbocycles. The van der Waals surface area contributed by atoms with Gasteiger partial charge in [-0.05, 0) is 19.1 Å². The Labute approximate surface area is 147 Å². The fourth-order valence-electron chi connectivity index (χ4n) is 2.75. The molecule has 26 heavy (non-hydrogen) atoms. The molecule has 0 aliphatic rings. The van der Waals surface area contributed by atoms with Crippen LogP contribution in [-0.2, 0) is 4.74 Å². The molecule has 0 spiro atoms. The monoisotopic (exact) mass is 353 g/mol. The molecule has 3 N–H and O–H groups in total. The van der Waals surface area contributed by atoms with E-state index in [2.05, 4.69) is 4.98 Å². The smallest absolute Gasteiger partial charge is 0.340 e. The number of nitrogens with one attached hydrogen (secondary N) is 1. The minimum Gasteiger partial charge on any atom is -0.454 e. The predicted octanol–water partition coefficient (Wildman–Crippen LogP) is 3.01. The summed E-state index contributed by atoms with van der Waals surface area (Å²) in [5.41, 5.74) is 7.20. The number of rotatable bonds is 5. The third-order valence-electron chi connectivity index (χ3n) is 3.97. The molecule has 8 nitrogen and oxygen atoms in total. The Kier molecular flexibility index (Phi) is 4.40. The number of aromatic nitrogens is 1. The summed E-state index contributed by atoms with van der Waals surface area (Å²) in [6.45, 7) is 1.26. The van der Waals surface area contributed by atoms with Crippen LogP contribution in [0.1, 0.15) is 26.4 Å². The molecule has 0 saturated heterocycles. The van der Waals surface area contributed by atoms with Gasteiger partial charge in [-0.3, -0.25) is 14.9 Å². The average Bonchev–Trinajstić information content (AvgIpc) is 2.95. The quantitative estimate of drug-likeness (QED) is 0.238. The van der Waals surface area contributed by atoms with Gasteiger partial charge in [-0.2, -0.15) is 0 Å². The van der Waals surface area contributed by atoms with Gasteiger partial charge < -0.3 is 15.5 Å². The molecule has 0 amide bonds. The lowest BCUT2D eigenvalue weighted by Crippen LogP contribution is -2.16. The van der Waals surface area contributed by atoms with Crippen LogP contribution in [0.2, 0.25) is 0 Å². The standard InChI is InChI=1S/C18H15N3O5/c1-10-17(12-4-2-3-5-15(12)20-10)16(22)9-26-18(23)13-8-11(21(24)25)6-7-14(13)19/h2-8,20H,9,19H2,1H3. The number of esters is 1. The van der Waals surface area contributed by atoms with E-state index in [1.165, 1.54) is 12.1 Å². The number of aryl methyl sites for hydroxylation is 1. The predicted molar refractivity (Wildman–Crippen MR) is 95.2 cm³/mol. The number of ketones is 1. The third-order valence-corrected chi connectivity index (χ3v) is 3.97. The Hall–Kier alpha value is -3.68. The molecule has 3 rings (SSSR count). The highest BCUT2D eigenvalue weighted by atomic mass is 16.6. The molecule has 1 aromatic heterocycles. The number of nitrogen functional groups attached to an aromatic ring is 1. The Bertz CT molecular complexity index is 1040. The van der Waals surface area contributed by atoms with Crippen molar-refractivity contribution in [1.82, 2.24) is 4.98 Å². The van der Waals surface area contributed by atoms with Gasteiger partial charge in [0.15, 0.2) is 6.61 Å². The summed E-state index contributed by atoms with van der Waals surface area (Å²) in [6.07, 6.45) is 0. The van der Waals surface area contributed by atoms with Crippen LogP contribution in [0.15, 0.2) is 42.5 Å². The summed E-state index contributed by atoms with van der Waals surface area (Å²) in [6, 6.07) is 10.8. The van der Waals surface area contributed by atoms with Crippen molar-refractivity contribution in [2.24, 2.45) is 0 Å². The van der Waals surface area contributed by atoms with Crippen molar-refractivity contribution in [1.29, 1.82) is 0 Å². The van der Waals surface area contributed by atoms with Gasteiger partial charge >= 0.3 is 5.97 Å². The molecule has 1 heterocycles. The second kappa shape index (κ2) is 6.67. The molecule has 0 bridgehead atoms. The van der Waals surface area contributed by atoms with E-state index in [4.69, 9.17) is 10.5 Å². The Morgan fingerprint density at radius 2 is 1.96 bits per heavy atom. The first kappa shape index (κ1) is 17.2. The molecule has 132 valence electrons. The number of fused-ring (bicyclic) bond motifs is 1. The molecule has 0 unspecified atom stereocenters. The number of nitrogens with two attached hydrogens (primary N) is 1. The van der Waals surface area contributed by atoms with Crippen LogP contribution in [-0.4, -0.2) is 28.3 Å². The van der Waals surface area contributed by atoms with Gasteiger partial charge in [-0.15, -0.1) is 0 Å². The molecule has 0 aliphatic heterocycles. The lowest BCUT2D eigenvalue weighted by atomic mass is 10.1. The van der Waals surface area contributed by atoms with E-state index in [1.54, 1.807) is 13.0 Å². The molecular weight excluding hydrogens is 338 g/mol. The summed E-state index contributed by atoms with van der Waals surface area (Å²) < 4.78 is 5.03. The Morgan fingerprint density at radius 1 is 1.23 bits per heavy atom. The molecule has 0 radical (unpaired) electrons. The first-order valence-corrected chi connectivity index (χ1v) is 7.70. The highest BCUT2D eigenvalue weighted by Crippen LogP contribution is 2.23. The number of ether oxygens (including phenoxy) is 1. The summed E-state index contributed by atoms with van der Waals surface area (Å²) in [7, 11) is 0. The van der Waals surface area contributed by atoms with Crippen molar-refractivity contribution in [3.05, 3.63) is 69.4 Å². The lowest BCUT2D eigenvalue weighted by Gasteiger charge is -2.07. The third kappa shape index (κ3) is 3.12. The van der Waals surface area contributed by atoms with Gasteiger partial charge in [0.05, 0.1) is 10.5 Å². The van der Waals surface area contributed by atoms with Crippen LogP contribution in [0.3, 0.4) is 0 Å². The number of Topliss-reactive ketones (excluding diaryl/α,β-unsaturated/α-hetero) is 1. The zero-order valence-electron chi connectivity index (χ0n) is 13.8. The van der Waals surface area contributed by atoms with Crippen molar-refractivity contribution < 1.29 is 19.2 Å². The minimum atomic E-state index is -0.892. The van der Waals surface area contributed by atoms with Gasteiger partial charge in [0.1, 0.15) is 0 Å². The van der Waals surface area contributed by atoms with Gasteiger partial charge in [0.2, 0.25) is 5.78 Å². The highest BCUT2D eigenvalue weighted by Gasteiger charge is 2.20. The molecular formula is C18H15N3O5. The number of carbonyl (C=O) groups is 2. The van der Waals surface area contributed by atoms with E-state index in [-0.39, 0.29) is 22.7 Å². The van der Waals surface area contributed by atoms with E-state index in [0.29, 0.717) is 11.3 Å². The van der Waals surface area contributed by atoms with Crippen molar-refractivity contribution in [2.45, 2.75) is 6.92 Å². The second-order valence-electron chi connectivity index (χ2n) is 5.70. The van der Waals surface area contributed by atoms with E-state index in [0.717, 1.165) is 17.0 Å². The summed E-state index contributed by atoms with van der Waals surface area (Å²) >= 11 is 0. The van der Waals surface area contributed by atoms with Gasteiger partial charge in [0, 0.05) is 40.0 Å². The summed E-state index contributed by atoms with van der Waals surface area (Å²) in [5.74, 6) is -1.27. The van der Waals surface area contributed by atoms with Crippen molar-refractivity contribution in [3.63, 3.8) is 0 Å². The number of nitrogens with zero attached hydrogens (tertiary/aromatic N) is 1. The van der Waals surface area contributed by atoms with E-state index in [1.807, 2.05) is 18.2 Å². The van der Waals surface area contributed by atoms with Crippen LogP contribution in [0.25, 0.3) is 10.9 Å². The fourth-order valence-corrected chi connectivity index (χ4v) is 2.75. The number of anilines is 1. The summed E-state index contributed by atoms with van der Waals surface area (Å²) in [5, 5.41) is 11.6. The topological polar surface area (TPSA) is 128 Å². The average molecular weight is 353 g/mol. The number of nitro benzene ring substituents is 1. The van der Waals surface area contributed by atoms with Gasteiger partial charge in [0.25, 0.3) is 5.69 Å². The molecule has 0 fully saturated rings. The number of carbonyl (C=O) groups excluding carboxylic acids is 2. The maximum absolute atomic E-state index is 12.5. The van der Waals surface area contributed by atoms with E-state index < -0.39 is 17.5 Å². The number of para-hydroxylation sites is 1. The number of non-ortho nitro benzene ring substituents is 1. The number of hydrogen-bond acceptors (Lipinski definition) is 6. The van der Waals surface area contributed by atoms with Gasteiger partial charge in [-0.1, -0.05) is 18.2 Å². The maximum Gasteiger partial charge on any atom is 0.340 e. The van der Waals surface area contributed by atoms with Crippen molar-refractivity contribution >= 4 is 34.0 Å². The Balaban J connectivity index is 1.79. The lowest BCUT2D eigenvalue weighted by molar-refractivity contribution is -0.384. The van der Waals surface area contributed by atoms with E-state index in [9.17, 15) is 19.7 Å².